The minimum absolute atomic E-state index is 0. The van der Waals surface area contributed by atoms with Gasteiger partial charge in [-0.25, -0.2) is 8.42 Å². The van der Waals surface area contributed by atoms with E-state index in [4.69, 9.17) is 11.6 Å². The number of nitrogens with one attached hydrogen (secondary N) is 1. The fourth-order valence-corrected chi connectivity index (χ4v) is 3.03. The lowest BCUT2D eigenvalue weighted by atomic mass is 10.0. The maximum absolute atomic E-state index is 12.5. The van der Waals surface area contributed by atoms with Gasteiger partial charge in [-0.3, -0.25) is 4.79 Å². The van der Waals surface area contributed by atoms with Gasteiger partial charge in [-0.15, -0.1) is 12.4 Å². The van der Waals surface area contributed by atoms with Crippen LogP contribution in [0.15, 0.2) is 24.3 Å². The topological polar surface area (TPSA) is 69.7 Å². The molecular formula is C14H21Cl2N3O3S. The van der Waals surface area contributed by atoms with Crippen molar-refractivity contribution in [2.75, 3.05) is 39.5 Å². The van der Waals surface area contributed by atoms with E-state index in [2.05, 4.69) is 5.32 Å². The number of nitrogens with zero attached hydrogens (tertiary/aromatic N) is 2. The lowest BCUT2D eigenvalue weighted by Gasteiger charge is -2.37. The zero-order valence-corrected chi connectivity index (χ0v) is 15.4. The third-order valence-corrected chi connectivity index (χ3v) is 5.36. The zero-order chi connectivity index (χ0) is 16.3. The highest BCUT2D eigenvalue weighted by molar-refractivity contribution is 7.88. The summed E-state index contributed by atoms with van der Waals surface area (Å²) in [5.74, 6) is -0.223. The number of carbonyl (C=O) groups excluding carboxylic acids is 1. The number of rotatable bonds is 4. The number of sulfonamides is 1. The molecule has 0 bridgehead atoms. The van der Waals surface area contributed by atoms with Gasteiger partial charge in [-0.2, -0.15) is 4.31 Å². The maximum Gasteiger partial charge on any atom is 0.238 e. The van der Waals surface area contributed by atoms with Crippen molar-refractivity contribution in [2.24, 2.45) is 0 Å². The molecule has 23 heavy (non-hydrogen) atoms. The summed E-state index contributed by atoms with van der Waals surface area (Å²) < 4.78 is 24.0. The molecule has 1 aliphatic rings. The fraction of sp³-hybridized carbons (Fsp3) is 0.500. The monoisotopic (exact) mass is 381 g/mol. The molecule has 1 heterocycles. The van der Waals surface area contributed by atoms with Crippen LogP contribution in [0.5, 0.6) is 0 Å². The molecule has 0 spiro atoms. The first-order valence-electron chi connectivity index (χ1n) is 6.96. The highest BCUT2D eigenvalue weighted by Gasteiger charge is 2.30. The molecule has 0 saturated carbocycles. The summed E-state index contributed by atoms with van der Waals surface area (Å²) in [6.45, 7) is 1.62. The summed E-state index contributed by atoms with van der Waals surface area (Å²) in [6, 6.07) is 7.20. The summed E-state index contributed by atoms with van der Waals surface area (Å²) in [5, 5.41) is 3.85. The van der Waals surface area contributed by atoms with Crippen LogP contribution in [0.4, 0.5) is 0 Å². The molecule has 1 aliphatic heterocycles. The average Bonchev–Trinajstić information content (AvgIpc) is 2.46. The Kier molecular flexibility index (Phi) is 7.29. The van der Waals surface area contributed by atoms with Crippen molar-refractivity contribution in [1.29, 1.82) is 0 Å². The number of likely N-dealkylation sites (N-methyl/N-ethyl adjacent to an activating group) is 1. The van der Waals surface area contributed by atoms with Gasteiger partial charge < -0.3 is 10.2 Å². The predicted molar refractivity (Wildman–Crippen MR) is 93.5 cm³/mol. The van der Waals surface area contributed by atoms with Crippen molar-refractivity contribution >= 4 is 39.9 Å². The highest BCUT2D eigenvalue weighted by atomic mass is 35.5. The van der Waals surface area contributed by atoms with Crippen LogP contribution in [0.2, 0.25) is 5.02 Å². The molecule has 9 heteroatoms. The molecule has 1 fully saturated rings. The number of halogens is 2. The summed E-state index contributed by atoms with van der Waals surface area (Å²) >= 11 is 6.23. The van der Waals surface area contributed by atoms with Crippen molar-refractivity contribution in [3.8, 4) is 0 Å². The van der Waals surface area contributed by atoms with E-state index in [1.807, 2.05) is 18.2 Å². The molecule has 1 atom stereocenters. The second-order valence-corrected chi connectivity index (χ2v) is 7.84. The molecule has 1 aromatic rings. The maximum atomic E-state index is 12.5. The molecule has 0 radical (unpaired) electrons. The smallest absolute Gasteiger partial charge is 0.238 e. The van der Waals surface area contributed by atoms with Crippen LogP contribution < -0.4 is 5.32 Å². The van der Waals surface area contributed by atoms with E-state index in [-0.39, 0.29) is 30.9 Å². The lowest BCUT2D eigenvalue weighted by Crippen LogP contribution is -2.51. The van der Waals surface area contributed by atoms with Crippen LogP contribution in [0.3, 0.4) is 0 Å². The average molecular weight is 382 g/mol. The normalized spacial score (nSPS) is 18.6. The van der Waals surface area contributed by atoms with Crippen molar-refractivity contribution in [2.45, 2.75) is 6.04 Å². The Morgan fingerprint density at radius 1 is 1.43 bits per heavy atom. The summed E-state index contributed by atoms with van der Waals surface area (Å²) in [5.41, 5.74) is 0.867. The molecule has 1 aromatic carbocycles. The molecule has 1 saturated heterocycles. The highest BCUT2D eigenvalue weighted by Crippen LogP contribution is 2.28. The quantitative estimate of drug-likeness (QED) is 0.848. The fourth-order valence-electron chi connectivity index (χ4n) is 2.42. The number of hydrogen-bond donors (Lipinski definition) is 1. The van der Waals surface area contributed by atoms with Crippen LogP contribution >= 0.6 is 24.0 Å². The Balaban J connectivity index is 0.00000264. The first-order chi connectivity index (χ1) is 10.3. The molecule has 1 unspecified atom stereocenters. The molecule has 6 nitrogen and oxygen atoms in total. The molecule has 130 valence electrons. The standard InChI is InChI=1S/C14H20ClN3O3S.ClH/c1-17(22(2,20)21)10-14(19)18-8-7-16-9-13(18)11-5-3-4-6-12(11)15;/h3-6,13,16H,7-10H2,1-2H3;1H. The minimum Gasteiger partial charge on any atom is -0.332 e. The Bertz CT molecular complexity index is 654. The number of hydrogen-bond acceptors (Lipinski definition) is 4. The van der Waals surface area contributed by atoms with Gasteiger partial charge in [0, 0.05) is 31.7 Å². The second-order valence-electron chi connectivity index (χ2n) is 5.35. The van der Waals surface area contributed by atoms with Crippen LogP contribution in [-0.2, 0) is 14.8 Å². The van der Waals surface area contributed by atoms with Crippen molar-refractivity contribution < 1.29 is 13.2 Å². The zero-order valence-electron chi connectivity index (χ0n) is 13.0. The predicted octanol–water partition coefficient (Wildman–Crippen LogP) is 1.13. The van der Waals surface area contributed by atoms with E-state index in [0.29, 0.717) is 24.7 Å². The van der Waals surface area contributed by atoms with Crippen LogP contribution in [0, 0.1) is 0 Å². The summed E-state index contributed by atoms with van der Waals surface area (Å²) in [6.07, 6.45) is 1.09. The van der Waals surface area contributed by atoms with E-state index in [9.17, 15) is 13.2 Å². The molecular weight excluding hydrogens is 361 g/mol. The van der Waals surface area contributed by atoms with Gasteiger partial charge in [0.05, 0.1) is 18.8 Å². The third-order valence-electron chi connectivity index (χ3n) is 3.75. The van der Waals surface area contributed by atoms with Gasteiger partial charge in [-0.1, -0.05) is 29.8 Å². The molecule has 1 amide bonds. The lowest BCUT2D eigenvalue weighted by molar-refractivity contribution is -0.134. The number of benzene rings is 1. The van der Waals surface area contributed by atoms with Gasteiger partial charge in [0.15, 0.2) is 0 Å². The minimum atomic E-state index is -3.38. The second kappa shape index (κ2) is 8.30. The van der Waals surface area contributed by atoms with E-state index >= 15 is 0 Å². The van der Waals surface area contributed by atoms with E-state index < -0.39 is 10.0 Å². The van der Waals surface area contributed by atoms with Gasteiger partial charge in [0.25, 0.3) is 0 Å². The Morgan fingerprint density at radius 2 is 2.09 bits per heavy atom. The van der Waals surface area contributed by atoms with Crippen molar-refractivity contribution in [3.63, 3.8) is 0 Å². The van der Waals surface area contributed by atoms with Crippen molar-refractivity contribution in [3.05, 3.63) is 34.9 Å². The van der Waals surface area contributed by atoms with Gasteiger partial charge >= 0.3 is 0 Å². The number of amides is 1. The number of carbonyl (C=O) groups is 1. The van der Waals surface area contributed by atoms with E-state index in [1.54, 1.807) is 11.0 Å². The molecule has 0 aromatic heterocycles. The SMILES string of the molecule is CN(CC(=O)N1CCNCC1c1ccccc1Cl)S(C)(=O)=O.Cl. The van der Waals surface area contributed by atoms with E-state index in [0.717, 1.165) is 16.1 Å². The first-order valence-corrected chi connectivity index (χ1v) is 9.19. The van der Waals surface area contributed by atoms with Crippen molar-refractivity contribution in [1.82, 2.24) is 14.5 Å². The molecule has 1 N–H and O–H groups in total. The Labute approximate surface area is 148 Å². The summed E-state index contributed by atoms with van der Waals surface area (Å²) in [4.78, 5) is 14.2. The first kappa shape index (κ1) is 20.2. The van der Waals surface area contributed by atoms with Crippen LogP contribution in [-0.4, -0.2) is 63.0 Å². The van der Waals surface area contributed by atoms with Crippen LogP contribution in [0.25, 0.3) is 0 Å². The third kappa shape index (κ3) is 5.06. The largest absolute Gasteiger partial charge is 0.332 e. The summed E-state index contributed by atoms with van der Waals surface area (Å²) in [7, 11) is -1.98. The van der Waals surface area contributed by atoms with Gasteiger partial charge in [0.2, 0.25) is 15.9 Å². The van der Waals surface area contributed by atoms with E-state index in [1.165, 1.54) is 7.05 Å². The van der Waals surface area contributed by atoms with Gasteiger partial charge in [-0.05, 0) is 11.6 Å². The Morgan fingerprint density at radius 3 is 2.70 bits per heavy atom. The molecule has 0 aliphatic carbocycles. The Hall–Kier alpha value is -0.860. The van der Waals surface area contributed by atoms with Gasteiger partial charge in [0.1, 0.15) is 0 Å². The molecule has 2 rings (SSSR count). The number of piperazine rings is 1. The van der Waals surface area contributed by atoms with Crippen LogP contribution in [0.1, 0.15) is 11.6 Å².